The molecule has 1 fully saturated rings. The van der Waals surface area contributed by atoms with Crippen LogP contribution in [-0.2, 0) is 26.1 Å². The summed E-state index contributed by atoms with van der Waals surface area (Å²) in [6.07, 6.45) is 0. The highest BCUT2D eigenvalue weighted by atomic mass is 32.2. The number of anilines is 3. The van der Waals surface area contributed by atoms with E-state index in [9.17, 15) is 13.2 Å². The van der Waals surface area contributed by atoms with Gasteiger partial charge in [-0.2, -0.15) is 4.98 Å². The topological polar surface area (TPSA) is 137 Å². The van der Waals surface area contributed by atoms with Crippen molar-refractivity contribution in [1.82, 2.24) is 9.97 Å². The van der Waals surface area contributed by atoms with Crippen LogP contribution in [0.1, 0.15) is 16.1 Å². The Morgan fingerprint density at radius 2 is 1.81 bits per heavy atom. The standard InChI is InChI=1S/C16H17N5O5S/c17-27(23,24)11-3-1-10(2-4-11)18-14-12-9-26-15(22)13(12)19-16(20-14)21-5-7-25-8-6-21/h1-4H,5-9H2,(H2,17,23,24)(H,18,19,20). The smallest absolute Gasteiger partial charge is 0.357 e. The maximum Gasteiger partial charge on any atom is 0.357 e. The first-order valence-corrected chi connectivity index (χ1v) is 9.77. The Balaban J connectivity index is 1.68. The van der Waals surface area contributed by atoms with Gasteiger partial charge in [0.15, 0.2) is 5.69 Å². The van der Waals surface area contributed by atoms with Crippen LogP contribution in [0.5, 0.6) is 0 Å². The van der Waals surface area contributed by atoms with E-state index in [1.807, 2.05) is 4.90 Å². The number of cyclic esters (lactones) is 1. The van der Waals surface area contributed by atoms with E-state index in [4.69, 9.17) is 14.6 Å². The molecule has 1 aromatic heterocycles. The molecular weight excluding hydrogens is 374 g/mol. The lowest BCUT2D eigenvalue weighted by Gasteiger charge is -2.27. The van der Waals surface area contributed by atoms with Gasteiger partial charge in [-0.15, -0.1) is 0 Å². The van der Waals surface area contributed by atoms with Crippen molar-refractivity contribution in [2.45, 2.75) is 11.5 Å². The molecule has 2 aliphatic heterocycles. The molecule has 10 nitrogen and oxygen atoms in total. The molecule has 0 aliphatic carbocycles. The van der Waals surface area contributed by atoms with E-state index < -0.39 is 16.0 Å². The summed E-state index contributed by atoms with van der Waals surface area (Å²) < 4.78 is 33.2. The molecule has 11 heteroatoms. The first-order chi connectivity index (χ1) is 12.9. The number of rotatable bonds is 4. The summed E-state index contributed by atoms with van der Waals surface area (Å²) in [7, 11) is -3.77. The van der Waals surface area contributed by atoms with E-state index in [2.05, 4.69) is 15.3 Å². The van der Waals surface area contributed by atoms with Gasteiger partial charge in [0.1, 0.15) is 12.4 Å². The third-order valence-electron chi connectivity index (χ3n) is 4.28. The van der Waals surface area contributed by atoms with Gasteiger partial charge in [0, 0.05) is 18.8 Å². The highest BCUT2D eigenvalue weighted by Gasteiger charge is 2.29. The molecule has 1 saturated heterocycles. The van der Waals surface area contributed by atoms with Crippen molar-refractivity contribution < 1.29 is 22.7 Å². The third kappa shape index (κ3) is 3.56. The molecule has 3 heterocycles. The van der Waals surface area contributed by atoms with E-state index >= 15 is 0 Å². The van der Waals surface area contributed by atoms with Gasteiger partial charge in [-0.05, 0) is 24.3 Å². The molecule has 3 N–H and O–H groups in total. The van der Waals surface area contributed by atoms with Gasteiger partial charge in [0.25, 0.3) is 0 Å². The number of carbonyl (C=O) groups excluding carboxylic acids is 1. The van der Waals surface area contributed by atoms with Gasteiger partial charge in [-0.3, -0.25) is 0 Å². The Kier molecular flexibility index (Phi) is 4.42. The van der Waals surface area contributed by atoms with Crippen molar-refractivity contribution in [2.24, 2.45) is 5.14 Å². The van der Waals surface area contributed by atoms with Gasteiger partial charge in [0.05, 0.1) is 23.7 Å². The van der Waals surface area contributed by atoms with E-state index in [-0.39, 0.29) is 17.2 Å². The summed E-state index contributed by atoms with van der Waals surface area (Å²) in [6, 6.07) is 5.92. The van der Waals surface area contributed by atoms with Crippen LogP contribution in [0.25, 0.3) is 0 Å². The van der Waals surface area contributed by atoms with E-state index in [1.54, 1.807) is 12.1 Å². The van der Waals surface area contributed by atoms with Crippen LogP contribution >= 0.6 is 0 Å². The van der Waals surface area contributed by atoms with Crippen LogP contribution in [-0.4, -0.2) is 50.7 Å². The average Bonchev–Trinajstić information content (AvgIpc) is 3.03. The Hall–Kier alpha value is -2.76. The molecule has 27 heavy (non-hydrogen) atoms. The normalized spacial score (nSPS) is 16.8. The fraction of sp³-hybridized carbons (Fsp3) is 0.312. The Labute approximate surface area is 155 Å². The fourth-order valence-corrected chi connectivity index (χ4v) is 3.37. The predicted octanol–water partition coefficient (Wildman–Crippen LogP) is 0.375. The molecule has 0 radical (unpaired) electrons. The van der Waals surface area contributed by atoms with Gasteiger partial charge in [-0.25, -0.2) is 23.3 Å². The quantitative estimate of drug-likeness (QED) is 0.708. The monoisotopic (exact) mass is 391 g/mol. The number of nitrogens with two attached hydrogens (primary N) is 1. The average molecular weight is 391 g/mol. The number of primary sulfonamides is 1. The lowest BCUT2D eigenvalue weighted by molar-refractivity contribution is 0.0531. The molecule has 4 rings (SSSR count). The summed E-state index contributed by atoms with van der Waals surface area (Å²) in [6.45, 7) is 2.44. The summed E-state index contributed by atoms with van der Waals surface area (Å²) >= 11 is 0. The molecule has 1 aromatic carbocycles. The molecule has 0 unspecified atom stereocenters. The Bertz CT molecular complexity index is 987. The molecule has 2 aromatic rings. The van der Waals surface area contributed by atoms with Gasteiger partial charge in [0.2, 0.25) is 16.0 Å². The first-order valence-electron chi connectivity index (χ1n) is 8.22. The number of hydrogen-bond donors (Lipinski definition) is 2. The van der Waals surface area contributed by atoms with E-state index in [0.29, 0.717) is 49.3 Å². The second-order valence-corrected chi connectivity index (χ2v) is 7.63. The van der Waals surface area contributed by atoms with Crippen LogP contribution < -0.4 is 15.4 Å². The number of nitrogens with one attached hydrogen (secondary N) is 1. The third-order valence-corrected chi connectivity index (χ3v) is 5.20. The molecule has 0 spiro atoms. The van der Waals surface area contributed by atoms with Crippen molar-refractivity contribution >= 4 is 33.4 Å². The van der Waals surface area contributed by atoms with Crippen LogP contribution in [0.15, 0.2) is 29.2 Å². The minimum Gasteiger partial charge on any atom is -0.456 e. The zero-order valence-corrected chi connectivity index (χ0v) is 15.0. The zero-order valence-electron chi connectivity index (χ0n) is 14.2. The number of aromatic nitrogens is 2. The SMILES string of the molecule is NS(=O)(=O)c1ccc(Nc2nc(N3CCOCC3)nc3c2COC3=O)cc1. The van der Waals surface area contributed by atoms with E-state index in [1.165, 1.54) is 12.1 Å². The summed E-state index contributed by atoms with van der Waals surface area (Å²) in [5.74, 6) is 0.366. The number of benzene rings is 1. The summed E-state index contributed by atoms with van der Waals surface area (Å²) in [5, 5.41) is 8.22. The lowest BCUT2D eigenvalue weighted by atomic mass is 10.2. The van der Waals surface area contributed by atoms with Crippen molar-refractivity contribution in [3.63, 3.8) is 0 Å². The first kappa shape index (κ1) is 17.6. The fourth-order valence-electron chi connectivity index (χ4n) is 2.86. The maximum atomic E-state index is 12.0. The Morgan fingerprint density at radius 1 is 1.11 bits per heavy atom. The molecule has 0 amide bonds. The number of carbonyl (C=O) groups is 1. The highest BCUT2D eigenvalue weighted by Crippen LogP contribution is 2.29. The number of sulfonamides is 1. The molecular formula is C16H17N5O5S. The number of ether oxygens (including phenoxy) is 2. The minimum absolute atomic E-state index is 0.00785. The van der Waals surface area contributed by atoms with Crippen molar-refractivity contribution in [3.8, 4) is 0 Å². The summed E-state index contributed by atoms with van der Waals surface area (Å²) in [4.78, 5) is 22.8. The number of esters is 1. The van der Waals surface area contributed by atoms with Crippen molar-refractivity contribution in [1.29, 1.82) is 0 Å². The maximum absolute atomic E-state index is 12.0. The minimum atomic E-state index is -3.77. The number of hydrogen-bond acceptors (Lipinski definition) is 9. The second-order valence-electron chi connectivity index (χ2n) is 6.07. The van der Waals surface area contributed by atoms with Gasteiger partial charge < -0.3 is 19.7 Å². The summed E-state index contributed by atoms with van der Waals surface area (Å²) in [5.41, 5.74) is 1.39. The highest BCUT2D eigenvalue weighted by molar-refractivity contribution is 7.89. The number of fused-ring (bicyclic) bond motifs is 1. The predicted molar refractivity (Wildman–Crippen MR) is 95.3 cm³/mol. The molecule has 142 valence electrons. The molecule has 0 saturated carbocycles. The van der Waals surface area contributed by atoms with Crippen LogP contribution in [0, 0.1) is 0 Å². The van der Waals surface area contributed by atoms with Crippen LogP contribution in [0.4, 0.5) is 17.5 Å². The number of morpholine rings is 1. The van der Waals surface area contributed by atoms with Gasteiger partial charge in [-0.1, -0.05) is 0 Å². The van der Waals surface area contributed by atoms with Crippen molar-refractivity contribution in [3.05, 3.63) is 35.5 Å². The molecule has 2 aliphatic rings. The number of nitrogens with zero attached hydrogens (tertiary/aromatic N) is 3. The molecule has 0 atom stereocenters. The van der Waals surface area contributed by atoms with Gasteiger partial charge >= 0.3 is 5.97 Å². The van der Waals surface area contributed by atoms with Crippen LogP contribution in [0.2, 0.25) is 0 Å². The Morgan fingerprint density at radius 3 is 2.48 bits per heavy atom. The molecule has 0 bridgehead atoms. The van der Waals surface area contributed by atoms with Crippen molar-refractivity contribution in [2.75, 3.05) is 36.5 Å². The second kappa shape index (κ2) is 6.76. The zero-order chi connectivity index (χ0) is 19.0. The largest absolute Gasteiger partial charge is 0.456 e. The van der Waals surface area contributed by atoms with Crippen LogP contribution in [0.3, 0.4) is 0 Å². The van der Waals surface area contributed by atoms with E-state index in [0.717, 1.165) is 0 Å². The lowest BCUT2D eigenvalue weighted by Crippen LogP contribution is -2.37.